The largest absolute Gasteiger partial charge is 0.386 e. The third-order valence-corrected chi connectivity index (χ3v) is 5.32. The summed E-state index contributed by atoms with van der Waals surface area (Å²) in [7, 11) is 0. The Morgan fingerprint density at radius 1 is 1.03 bits per heavy atom. The fraction of sp³-hybridized carbons (Fsp3) is 0.333. The summed E-state index contributed by atoms with van der Waals surface area (Å²) in [6.45, 7) is 10.7. The number of esters is 2. The van der Waals surface area contributed by atoms with Crippen molar-refractivity contribution in [2.24, 2.45) is 5.41 Å². The Morgan fingerprint density at radius 2 is 1.73 bits per heavy atom. The van der Waals surface area contributed by atoms with Crippen molar-refractivity contribution in [3.8, 4) is 0 Å². The maximum absolute atomic E-state index is 11.9. The zero-order chi connectivity index (χ0) is 22.1. The van der Waals surface area contributed by atoms with E-state index in [0.29, 0.717) is 11.1 Å². The molecule has 1 aromatic carbocycles. The average molecular weight is 405 g/mol. The monoisotopic (exact) mass is 404 g/mol. The smallest absolute Gasteiger partial charge is 0.346 e. The van der Waals surface area contributed by atoms with Gasteiger partial charge in [-0.3, -0.25) is 0 Å². The summed E-state index contributed by atoms with van der Waals surface area (Å²) < 4.78 is 4.85. The van der Waals surface area contributed by atoms with Gasteiger partial charge in [-0.15, -0.1) is 0 Å². The molecule has 0 unspecified atom stereocenters. The van der Waals surface area contributed by atoms with E-state index < -0.39 is 11.9 Å². The van der Waals surface area contributed by atoms with Crippen molar-refractivity contribution in [2.45, 2.75) is 53.9 Å². The molecule has 0 amide bonds. The molecule has 0 spiro atoms. The van der Waals surface area contributed by atoms with Crippen LogP contribution in [0.15, 0.2) is 89.1 Å². The molecule has 0 fully saturated rings. The summed E-state index contributed by atoms with van der Waals surface area (Å²) in [6.07, 6.45) is 15.1. The molecule has 1 aliphatic rings. The van der Waals surface area contributed by atoms with E-state index in [1.165, 1.54) is 36.5 Å². The molecule has 0 radical (unpaired) electrons. The predicted octanol–water partition coefficient (Wildman–Crippen LogP) is 6.90. The third-order valence-electron chi connectivity index (χ3n) is 5.32. The SMILES string of the molecule is CC1=C(/C=C/C(C)=C/C=C/C(C)=C/C(=O)OC(=O)c2ccccc2)C(C)(C)CCC1. The molecule has 3 heteroatoms. The lowest BCUT2D eigenvalue weighted by Crippen LogP contribution is -2.19. The first kappa shape index (κ1) is 23.3. The maximum Gasteiger partial charge on any atom is 0.346 e. The molecule has 1 aromatic rings. The number of hydrogen-bond donors (Lipinski definition) is 0. The van der Waals surface area contributed by atoms with Crippen LogP contribution in [0.1, 0.15) is 64.2 Å². The number of ether oxygens (including phenoxy) is 1. The van der Waals surface area contributed by atoms with Gasteiger partial charge in [0.1, 0.15) is 0 Å². The lowest BCUT2D eigenvalue weighted by atomic mass is 9.72. The van der Waals surface area contributed by atoms with Gasteiger partial charge in [-0.2, -0.15) is 0 Å². The zero-order valence-corrected chi connectivity index (χ0v) is 18.7. The molecule has 158 valence electrons. The standard InChI is InChI=1S/C27H32O3/c1-20(16-17-24-22(3)13-10-18-27(24,4)5)11-9-12-21(2)19-25(28)30-26(29)23-14-7-6-8-15-23/h6-9,11-12,14-17,19H,10,13,18H2,1-5H3/b12-9+,17-16+,20-11+,21-19+. The van der Waals surface area contributed by atoms with Crippen molar-refractivity contribution in [1.29, 1.82) is 0 Å². The summed E-state index contributed by atoms with van der Waals surface area (Å²) in [4.78, 5) is 23.8. The van der Waals surface area contributed by atoms with Crippen LogP contribution < -0.4 is 0 Å². The lowest BCUT2D eigenvalue weighted by molar-refractivity contribution is -0.132. The average Bonchev–Trinajstić information content (AvgIpc) is 2.67. The van der Waals surface area contributed by atoms with Gasteiger partial charge < -0.3 is 4.74 Å². The van der Waals surface area contributed by atoms with E-state index in [1.807, 2.05) is 18.2 Å². The number of allylic oxidation sites excluding steroid dienone is 9. The summed E-state index contributed by atoms with van der Waals surface area (Å²) in [5.74, 6) is -1.32. The Labute approximate surface area is 180 Å². The number of hydrogen-bond acceptors (Lipinski definition) is 3. The van der Waals surface area contributed by atoms with Crippen LogP contribution in [-0.4, -0.2) is 11.9 Å². The lowest BCUT2D eigenvalue weighted by Gasteiger charge is -2.32. The van der Waals surface area contributed by atoms with E-state index in [0.717, 1.165) is 5.57 Å². The summed E-state index contributed by atoms with van der Waals surface area (Å²) in [5, 5.41) is 0. The Hall–Kier alpha value is -2.94. The molecule has 3 nitrogen and oxygen atoms in total. The molecule has 1 aliphatic carbocycles. The van der Waals surface area contributed by atoms with E-state index in [1.54, 1.807) is 37.3 Å². The van der Waals surface area contributed by atoms with Crippen LogP contribution in [0.3, 0.4) is 0 Å². The van der Waals surface area contributed by atoms with Crippen LogP contribution in [0.5, 0.6) is 0 Å². The van der Waals surface area contributed by atoms with Crippen molar-refractivity contribution in [1.82, 2.24) is 0 Å². The van der Waals surface area contributed by atoms with Crippen LogP contribution in [0.25, 0.3) is 0 Å². The van der Waals surface area contributed by atoms with Crippen LogP contribution in [0.4, 0.5) is 0 Å². The Morgan fingerprint density at radius 3 is 2.40 bits per heavy atom. The third kappa shape index (κ3) is 7.14. The van der Waals surface area contributed by atoms with E-state index in [-0.39, 0.29) is 5.41 Å². The van der Waals surface area contributed by atoms with Crippen molar-refractivity contribution in [3.63, 3.8) is 0 Å². The van der Waals surface area contributed by atoms with E-state index in [9.17, 15) is 9.59 Å². The quantitative estimate of drug-likeness (QED) is 0.224. The van der Waals surface area contributed by atoms with Gasteiger partial charge in [0.15, 0.2) is 0 Å². The fourth-order valence-electron chi connectivity index (χ4n) is 3.62. The highest BCUT2D eigenvalue weighted by Gasteiger charge is 2.26. The molecule has 0 heterocycles. The van der Waals surface area contributed by atoms with Gasteiger partial charge in [0.2, 0.25) is 0 Å². The molecule has 0 saturated heterocycles. The maximum atomic E-state index is 11.9. The number of carbonyl (C=O) groups excluding carboxylic acids is 2. The van der Waals surface area contributed by atoms with E-state index >= 15 is 0 Å². The minimum Gasteiger partial charge on any atom is -0.386 e. The molecular formula is C27H32O3. The molecule has 0 aliphatic heterocycles. The predicted molar refractivity (Wildman–Crippen MR) is 123 cm³/mol. The van der Waals surface area contributed by atoms with Gasteiger partial charge in [-0.1, -0.05) is 73.6 Å². The van der Waals surface area contributed by atoms with Crippen molar-refractivity contribution >= 4 is 11.9 Å². The minimum absolute atomic E-state index is 0.228. The first-order valence-electron chi connectivity index (χ1n) is 10.4. The molecule has 30 heavy (non-hydrogen) atoms. The molecule has 0 aromatic heterocycles. The van der Waals surface area contributed by atoms with Gasteiger partial charge in [0, 0.05) is 6.08 Å². The molecule has 0 saturated carbocycles. The highest BCUT2D eigenvalue weighted by atomic mass is 16.6. The molecule has 0 atom stereocenters. The number of rotatable bonds is 6. The van der Waals surface area contributed by atoms with Crippen LogP contribution in [0.2, 0.25) is 0 Å². The molecular weight excluding hydrogens is 372 g/mol. The Balaban J connectivity index is 1.95. The highest BCUT2D eigenvalue weighted by molar-refractivity contribution is 6.00. The molecule has 2 rings (SSSR count). The van der Waals surface area contributed by atoms with E-state index in [2.05, 4.69) is 39.8 Å². The van der Waals surface area contributed by atoms with Gasteiger partial charge in [-0.05, 0) is 68.7 Å². The fourth-order valence-corrected chi connectivity index (χ4v) is 3.62. The number of carbonyl (C=O) groups is 2. The van der Waals surface area contributed by atoms with Crippen LogP contribution in [0, 0.1) is 5.41 Å². The van der Waals surface area contributed by atoms with Gasteiger partial charge >= 0.3 is 11.9 Å². The summed E-state index contributed by atoms with van der Waals surface area (Å²) >= 11 is 0. The van der Waals surface area contributed by atoms with Gasteiger partial charge in [0.05, 0.1) is 5.56 Å². The second kappa shape index (κ2) is 10.7. The second-order valence-corrected chi connectivity index (χ2v) is 8.50. The summed E-state index contributed by atoms with van der Waals surface area (Å²) in [6, 6.07) is 8.47. The minimum atomic E-state index is -0.673. The van der Waals surface area contributed by atoms with Crippen LogP contribution in [-0.2, 0) is 9.53 Å². The molecule has 0 bridgehead atoms. The van der Waals surface area contributed by atoms with Gasteiger partial charge in [0.25, 0.3) is 0 Å². The Bertz CT molecular complexity index is 922. The Kier molecular flexibility index (Phi) is 8.35. The summed E-state index contributed by atoms with van der Waals surface area (Å²) in [5.41, 5.74) is 5.33. The first-order chi connectivity index (χ1) is 14.2. The van der Waals surface area contributed by atoms with Crippen LogP contribution >= 0.6 is 0 Å². The first-order valence-corrected chi connectivity index (χ1v) is 10.4. The van der Waals surface area contributed by atoms with Crippen molar-refractivity contribution < 1.29 is 14.3 Å². The number of benzene rings is 1. The van der Waals surface area contributed by atoms with Crippen molar-refractivity contribution in [3.05, 3.63) is 94.6 Å². The van der Waals surface area contributed by atoms with Gasteiger partial charge in [-0.25, -0.2) is 9.59 Å². The highest BCUT2D eigenvalue weighted by Crippen LogP contribution is 2.40. The zero-order valence-electron chi connectivity index (χ0n) is 18.7. The molecule has 0 N–H and O–H groups in total. The topological polar surface area (TPSA) is 43.4 Å². The van der Waals surface area contributed by atoms with Crippen molar-refractivity contribution in [2.75, 3.05) is 0 Å². The normalized spacial score (nSPS) is 17.6. The second-order valence-electron chi connectivity index (χ2n) is 8.50. The van der Waals surface area contributed by atoms with E-state index in [4.69, 9.17) is 4.74 Å².